The van der Waals surface area contributed by atoms with E-state index >= 15 is 0 Å². The van der Waals surface area contributed by atoms with Gasteiger partial charge in [-0.3, -0.25) is 4.79 Å². The summed E-state index contributed by atoms with van der Waals surface area (Å²) >= 11 is 0. The number of rotatable bonds is 13. The molecule has 54 heavy (non-hydrogen) atoms. The summed E-state index contributed by atoms with van der Waals surface area (Å²) in [5.74, 6) is -1.74. The quantitative estimate of drug-likeness (QED) is 0.0559. The third-order valence-corrected chi connectivity index (χ3v) is 9.14. The van der Waals surface area contributed by atoms with Crippen molar-refractivity contribution < 1.29 is 24.2 Å². The van der Waals surface area contributed by atoms with Gasteiger partial charge in [0.05, 0.1) is 19.6 Å². The second-order valence-electron chi connectivity index (χ2n) is 15.2. The van der Waals surface area contributed by atoms with Crippen LogP contribution >= 0.6 is 0 Å². The maximum Gasteiger partial charge on any atom is 0.348 e. The molecule has 276 valence electrons. The Hall–Kier alpha value is -5.97. The van der Waals surface area contributed by atoms with E-state index < -0.39 is 11.9 Å². The Morgan fingerprint density at radius 2 is 1.00 bits per heavy atom. The molecular formula is C47H48N2O5. The molecule has 0 amide bonds. The smallest absolute Gasteiger partial charge is 0.348 e. The van der Waals surface area contributed by atoms with Crippen LogP contribution in [0.25, 0.3) is 28.3 Å². The van der Waals surface area contributed by atoms with Crippen LogP contribution < -0.4 is 4.90 Å². The number of hydrogen-bond acceptors (Lipinski definition) is 6. The highest BCUT2D eigenvalue weighted by atomic mass is 16.6. The van der Waals surface area contributed by atoms with Crippen molar-refractivity contribution in [1.29, 1.82) is 5.26 Å². The maximum atomic E-state index is 12.6. The number of nitriles is 1. The predicted molar refractivity (Wildman–Crippen MR) is 217 cm³/mol. The number of ether oxygens (including phenoxy) is 2. The minimum atomic E-state index is -0.970. The van der Waals surface area contributed by atoms with Gasteiger partial charge in [-0.05, 0) is 92.2 Å². The van der Waals surface area contributed by atoms with E-state index in [1.54, 1.807) is 0 Å². The second-order valence-corrected chi connectivity index (χ2v) is 15.2. The molecule has 1 N–H and O–H groups in total. The molecule has 0 unspecified atom stereocenters. The lowest BCUT2D eigenvalue weighted by molar-refractivity contribution is -0.142. The molecule has 0 saturated carbocycles. The minimum absolute atomic E-state index is 0.0163. The lowest BCUT2D eigenvalue weighted by Gasteiger charge is -2.26. The topological polar surface area (TPSA) is 99.9 Å². The van der Waals surface area contributed by atoms with Gasteiger partial charge in [-0.25, -0.2) is 4.79 Å². The van der Waals surface area contributed by atoms with Crippen LogP contribution in [0.2, 0.25) is 0 Å². The first kappa shape index (κ1) is 39.2. The van der Waals surface area contributed by atoms with Gasteiger partial charge in [-0.1, -0.05) is 126 Å². The number of hydrogen-bond donors (Lipinski definition) is 1. The molecule has 7 nitrogen and oxygen atoms in total. The standard InChI is InChI=1S/C47H48N2O5/c1-46(2,3)39-17-9-34(10-18-39)36-13-23-42(24-14-36)49(43-25-15-37(16-26-43)35-11-19-40(20-12-35)47(4,5)6)41-21-7-33(8-22-41)31-38(32-48)45(52)54-30-29-53-28-27-44(50)51/h7-26,31H,27-30H2,1-6H3,(H,50,51). The molecule has 0 fully saturated rings. The van der Waals surface area contributed by atoms with E-state index in [0.29, 0.717) is 5.56 Å². The molecule has 0 radical (unpaired) electrons. The summed E-state index contributed by atoms with van der Waals surface area (Å²) in [6.45, 7) is 13.3. The van der Waals surface area contributed by atoms with Gasteiger partial charge in [-0.2, -0.15) is 5.26 Å². The van der Waals surface area contributed by atoms with Crippen molar-refractivity contribution in [2.24, 2.45) is 0 Å². The minimum Gasteiger partial charge on any atom is -0.481 e. The SMILES string of the molecule is CC(C)(C)c1ccc(-c2ccc(N(c3ccc(C=C(C#N)C(=O)OCCOCCC(=O)O)cc3)c3ccc(-c4ccc(C(C)(C)C)cc4)cc3)cc2)cc1. The third kappa shape index (κ3) is 10.3. The fourth-order valence-corrected chi connectivity index (χ4v) is 5.93. The fourth-order valence-electron chi connectivity index (χ4n) is 5.93. The molecule has 0 aliphatic rings. The summed E-state index contributed by atoms with van der Waals surface area (Å²) < 4.78 is 10.3. The molecule has 0 saturated heterocycles. The van der Waals surface area contributed by atoms with Crippen LogP contribution in [0.1, 0.15) is 64.7 Å². The van der Waals surface area contributed by atoms with Gasteiger partial charge in [0.25, 0.3) is 0 Å². The average Bonchev–Trinajstić information content (AvgIpc) is 3.15. The summed E-state index contributed by atoms with van der Waals surface area (Å²) in [6.07, 6.45) is 1.35. The summed E-state index contributed by atoms with van der Waals surface area (Å²) in [6, 6.07) is 44.1. The Labute approximate surface area is 319 Å². The third-order valence-electron chi connectivity index (χ3n) is 9.14. The van der Waals surface area contributed by atoms with Crippen molar-refractivity contribution in [3.63, 3.8) is 0 Å². The van der Waals surface area contributed by atoms with Gasteiger partial charge in [0.2, 0.25) is 0 Å². The molecule has 5 aromatic rings. The molecule has 7 heteroatoms. The van der Waals surface area contributed by atoms with Gasteiger partial charge in [0, 0.05) is 17.1 Å². The zero-order chi connectivity index (χ0) is 38.9. The first-order chi connectivity index (χ1) is 25.7. The van der Waals surface area contributed by atoms with Crippen molar-refractivity contribution >= 4 is 35.1 Å². The van der Waals surface area contributed by atoms with Gasteiger partial charge < -0.3 is 19.5 Å². The number of carbonyl (C=O) groups excluding carboxylic acids is 1. The zero-order valence-electron chi connectivity index (χ0n) is 31.9. The molecule has 0 aliphatic carbocycles. The Morgan fingerprint density at radius 1 is 0.611 bits per heavy atom. The number of esters is 1. The highest BCUT2D eigenvalue weighted by Gasteiger charge is 2.17. The van der Waals surface area contributed by atoms with Gasteiger partial charge in [0.1, 0.15) is 18.2 Å². The van der Waals surface area contributed by atoms with Crippen molar-refractivity contribution in [1.82, 2.24) is 0 Å². The van der Waals surface area contributed by atoms with Crippen LogP contribution in [0.5, 0.6) is 0 Å². The zero-order valence-corrected chi connectivity index (χ0v) is 31.9. The number of benzene rings is 5. The molecular weight excluding hydrogens is 673 g/mol. The number of carboxylic acid groups (broad SMARTS) is 1. The van der Waals surface area contributed by atoms with E-state index in [4.69, 9.17) is 14.6 Å². The van der Waals surface area contributed by atoms with Crippen LogP contribution in [-0.4, -0.2) is 36.9 Å². The van der Waals surface area contributed by atoms with Crippen LogP contribution in [-0.2, 0) is 29.9 Å². The van der Waals surface area contributed by atoms with Gasteiger partial charge in [0.15, 0.2) is 0 Å². The Kier molecular flexibility index (Phi) is 12.5. The number of nitrogens with zero attached hydrogens (tertiary/aromatic N) is 2. The van der Waals surface area contributed by atoms with E-state index in [1.807, 2.05) is 30.3 Å². The Morgan fingerprint density at radius 3 is 1.37 bits per heavy atom. The van der Waals surface area contributed by atoms with Crippen LogP contribution in [0, 0.1) is 11.3 Å². The van der Waals surface area contributed by atoms with E-state index in [2.05, 4.69) is 144 Å². The van der Waals surface area contributed by atoms with Crippen LogP contribution in [0.15, 0.2) is 127 Å². The summed E-state index contributed by atoms with van der Waals surface area (Å²) in [5, 5.41) is 18.4. The number of anilines is 3. The summed E-state index contributed by atoms with van der Waals surface area (Å²) in [5.41, 5.74) is 10.6. The normalized spacial score (nSPS) is 11.8. The van der Waals surface area contributed by atoms with Crippen molar-refractivity contribution in [3.05, 3.63) is 144 Å². The van der Waals surface area contributed by atoms with E-state index in [0.717, 1.165) is 39.3 Å². The summed E-state index contributed by atoms with van der Waals surface area (Å²) in [4.78, 5) is 25.4. The molecule has 0 spiro atoms. The molecule has 5 aromatic carbocycles. The highest BCUT2D eigenvalue weighted by molar-refractivity contribution is 5.98. The van der Waals surface area contributed by atoms with E-state index in [1.165, 1.54) is 17.2 Å². The first-order valence-corrected chi connectivity index (χ1v) is 18.1. The molecule has 0 atom stereocenters. The molecule has 5 rings (SSSR count). The largest absolute Gasteiger partial charge is 0.481 e. The average molecular weight is 721 g/mol. The lowest BCUT2D eigenvalue weighted by Crippen LogP contribution is -2.13. The van der Waals surface area contributed by atoms with E-state index in [-0.39, 0.29) is 42.6 Å². The Bertz CT molecular complexity index is 1990. The monoisotopic (exact) mass is 720 g/mol. The fraction of sp³-hybridized carbons (Fsp3) is 0.255. The van der Waals surface area contributed by atoms with Crippen molar-refractivity contribution in [2.45, 2.75) is 58.8 Å². The molecule has 0 aliphatic heterocycles. The van der Waals surface area contributed by atoms with E-state index in [9.17, 15) is 14.9 Å². The lowest BCUT2D eigenvalue weighted by atomic mass is 9.86. The molecule has 0 heterocycles. The van der Waals surface area contributed by atoms with Crippen molar-refractivity contribution in [3.8, 4) is 28.3 Å². The van der Waals surface area contributed by atoms with Crippen LogP contribution in [0.3, 0.4) is 0 Å². The molecule has 0 aromatic heterocycles. The number of aliphatic carboxylic acids is 1. The van der Waals surface area contributed by atoms with Crippen LogP contribution in [0.4, 0.5) is 17.1 Å². The molecule has 0 bridgehead atoms. The number of carbonyl (C=O) groups is 2. The van der Waals surface area contributed by atoms with Gasteiger partial charge in [-0.15, -0.1) is 0 Å². The second kappa shape index (κ2) is 17.2. The number of carboxylic acids is 1. The van der Waals surface area contributed by atoms with Gasteiger partial charge >= 0.3 is 11.9 Å². The highest BCUT2D eigenvalue weighted by Crippen LogP contribution is 2.37. The first-order valence-electron chi connectivity index (χ1n) is 18.1. The summed E-state index contributed by atoms with van der Waals surface area (Å²) in [7, 11) is 0. The Balaban J connectivity index is 1.41. The predicted octanol–water partition coefficient (Wildman–Crippen LogP) is 11.0. The maximum absolute atomic E-state index is 12.6. The van der Waals surface area contributed by atoms with Crippen molar-refractivity contribution in [2.75, 3.05) is 24.7 Å².